The number of hydrogen-bond donors (Lipinski definition) is 2. The lowest BCUT2D eigenvalue weighted by Crippen LogP contribution is -2.43. The van der Waals surface area contributed by atoms with E-state index in [1.165, 1.54) is 0 Å². The number of rotatable bonds is 11. The molecule has 0 aromatic carbocycles. The molecule has 0 aromatic heterocycles. The lowest BCUT2D eigenvalue weighted by molar-refractivity contribution is 0.124. The summed E-state index contributed by atoms with van der Waals surface area (Å²) >= 11 is 0. The Hall–Kier alpha value is -0.160. The van der Waals surface area contributed by atoms with Crippen molar-refractivity contribution in [3.63, 3.8) is 0 Å². The molecule has 0 spiro atoms. The minimum atomic E-state index is 0.389. The smallest absolute Gasteiger partial charge is 0.0615 e. The predicted octanol–water partition coefficient (Wildman–Crippen LogP) is 1.15. The molecule has 0 rings (SSSR count). The molecular formula is C12H28N2O2. The summed E-state index contributed by atoms with van der Waals surface area (Å²) in [5.74, 6) is 0. The van der Waals surface area contributed by atoms with Gasteiger partial charge in [-0.3, -0.25) is 0 Å². The molecule has 0 aromatic rings. The number of methoxy groups -OCH3 is 2. The van der Waals surface area contributed by atoms with Crippen LogP contribution in [-0.4, -0.2) is 46.1 Å². The van der Waals surface area contributed by atoms with E-state index in [2.05, 4.69) is 12.2 Å². The van der Waals surface area contributed by atoms with Crippen molar-refractivity contribution in [1.82, 2.24) is 5.32 Å². The van der Waals surface area contributed by atoms with Gasteiger partial charge in [0.25, 0.3) is 0 Å². The van der Waals surface area contributed by atoms with Gasteiger partial charge >= 0.3 is 0 Å². The second-order valence-corrected chi connectivity index (χ2v) is 4.19. The Bertz CT molecular complexity index is 139. The van der Waals surface area contributed by atoms with E-state index < -0.39 is 0 Å². The fraction of sp³-hybridized carbons (Fsp3) is 1.00. The summed E-state index contributed by atoms with van der Waals surface area (Å²) in [7, 11) is 3.48. The molecule has 4 heteroatoms. The van der Waals surface area contributed by atoms with Crippen LogP contribution >= 0.6 is 0 Å². The standard InChI is InChI=1S/C12H28N2O2/c1-4-6-11(9-15-2)14-12(10-16-3)7-5-8-13/h11-12,14H,4-10,13H2,1-3H3. The highest BCUT2D eigenvalue weighted by molar-refractivity contribution is 4.74. The molecule has 16 heavy (non-hydrogen) atoms. The van der Waals surface area contributed by atoms with Gasteiger partial charge in [-0.2, -0.15) is 0 Å². The van der Waals surface area contributed by atoms with E-state index in [1.807, 2.05) is 0 Å². The van der Waals surface area contributed by atoms with Crippen LogP contribution in [0.1, 0.15) is 32.6 Å². The summed E-state index contributed by atoms with van der Waals surface area (Å²) in [5, 5.41) is 3.59. The third-order valence-electron chi connectivity index (χ3n) is 2.60. The van der Waals surface area contributed by atoms with Crippen LogP contribution in [0.3, 0.4) is 0 Å². The van der Waals surface area contributed by atoms with E-state index in [-0.39, 0.29) is 0 Å². The molecule has 2 atom stereocenters. The first kappa shape index (κ1) is 15.8. The van der Waals surface area contributed by atoms with Crippen molar-refractivity contribution in [3.05, 3.63) is 0 Å². The molecule has 0 saturated carbocycles. The monoisotopic (exact) mass is 232 g/mol. The average molecular weight is 232 g/mol. The van der Waals surface area contributed by atoms with Gasteiger partial charge in [0.15, 0.2) is 0 Å². The topological polar surface area (TPSA) is 56.5 Å². The van der Waals surface area contributed by atoms with Crippen molar-refractivity contribution in [1.29, 1.82) is 0 Å². The second-order valence-electron chi connectivity index (χ2n) is 4.19. The maximum Gasteiger partial charge on any atom is 0.0615 e. The predicted molar refractivity (Wildman–Crippen MR) is 67.7 cm³/mol. The van der Waals surface area contributed by atoms with Crippen LogP contribution in [0, 0.1) is 0 Å². The molecule has 0 heterocycles. The quantitative estimate of drug-likeness (QED) is 0.561. The molecule has 98 valence electrons. The summed E-state index contributed by atoms with van der Waals surface area (Å²) in [4.78, 5) is 0. The van der Waals surface area contributed by atoms with E-state index >= 15 is 0 Å². The van der Waals surface area contributed by atoms with Gasteiger partial charge in [0.1, 0.15) is 0 Å². The molecule has 0 aliphatic heterocycles. The van der Waals surface area contributed by atoms with Gasteiger partial charge < -0.3 is 20.5 Å². The molecule has 4 nitrogen and oxygen atoms in total. The van der Waals surface area contributed by atoms with Crippen LogP contribution in [-0.2, 0) is 9.47 Å². The molecule has 2 unspecified atom stereocenters. The number of ether oxygens (including phenoxy) is 2. The van der Waals surface area contributed by atoms with Gasteiger partial charge in [-0.15, -0.1) is 0 Å². The first-order chi connectivity index (χ1) is 7.78. The summed E-state index contributed by atoms with van der Waals surface area (Å²) in [6, 6.07) is 0.813. The Balaban J connectivity index is 3.98. The van der Waals surface area contributed by atoms with Crippen LogP contribution in [0.15, 0.2) is 0 Å². The average Bonchev–Trinajstić information content (AvgIpc) is 2.27. The Labute approximate surface area is 99.9 Å². The van der Waals surface area contributed by atoms with Crippen molar-refractivity contribution < 1.29 is 9.47 Å². The van der Waals surface area contributed by atoms with E-state index in [9.17, 15) is 0 Å². The lowest BCUT2D eigenvalue weighted by Gasteiger charge is -2.24. The molecule has 0 amide bonds. The van der Waals surface area contributed by atoms with Gasteiger partial charge in [-0.05, 0) is 25.8 Å². The van der Waals surface area contributed by atoms with Gasteiger partial charge in [0, 0.05) is 26.3 Å². The van der Waals surface area contributed by atoms with Gasteiger partial charge in [0.05, 0.1) is 13.2 Å². The first-order valence-corrected chi connectivity index (χ1v) is 6.22. The highest BCUT2D eigenvalue weighted by Crippen LogP contribution is 2.03. The van der Waals surface area contributed by atoms with Crippen LogP contribution in [0.2, 0.25) is 0 Å². The molecular weight excluding hydrogens is 204 g/mol. The summed E-state index contributed by atoms with van der Waals surface area (Å²) in [6.07, 6.45) is 4.40. The summed E-state index contributed by atoms with van der Waals surface area (Å²) in [6.45, 7) is 4.43. The second kappa shape index (κ2) is 11.3. The number of hydrogen-bond acceptors (Lipinski definition) is 4. The van der Waals surface area contributed by atoms with Crippen LogP contribution in [0.4, 0.5) is 0 Å². The van der Waals surface area contributed by atoms with Crippen LogP contribution in [0.5, 0.6) is 0 Å². The van der Waals surface area contributed by atoms with Crippen molar-refractivity contribution >= 4 is 0 Å². The maximum absolute atomic E-state index is 5.53. The molecule has 0 aliphatic carbocycles. The Morgan fingerprint density at radius 3 is 2.06 bits per heavy atom. The van der Waals surface area contributed by atoms with Gasteiger partial charge in [-0.1, -0.05) is 13.3 Å². The minimum absolute atomic E-state index is 0.389. The van der Waals surface area contributed by atoms with E-state index in [1.54, 1.807) is 14.2 Å². The lowest BCUT2D eigenvalue weighted by atomic mass is 10.1. The Kier molecular flexibility index (Phi) is 11.2. The highest BCUT2D eigenvalue weighted by atomic mass is 16.5. The zero-order valence-electron chi connectivity index (χ0n) is 11.0. The van der Waals surface area contributed by atoms with E-state index in [0.29, 0.717) is 12.1 Å². The molecule has 0 bridgehead atoms. The highest BCUT2D eigenvalue weighted by Gasteiger charge is 2.14. The molecule has 0 aliphatic rings. The van der Waals surface area contributed by atoms with Gasteiger partial charge in [-0.25, -0.2) is 0 Å². The SMILES string of the molecule is CCCC(COC)NC(CCCN)COC. The van der Waals surface area contributed by atoms with Crippen molar-refractivity contribution in [2.24, 2.45) is 5.73 Å². The first-order valence-electron chi connectivity index (χ1n) is 6.22. The third-order valence-corrected chi connectivity index (χ3v) is 2.60. The number of nitrogens with two attached hydrogens (primary N) is 1. The van der Waals surface area contributed by atoms with Crippen molar-refractivity contribution in [3.8, 4) is 0 Å². The molecule has 3 N–H and O–H groups in total. The van der Waals surface area contributed by atoms with Crippen LogP contribution in [0.25, 0.3) is 0 Å². The Morgan fingerprint density at radius 1 is 1.06 bits per heavy atom. The van der Waals surface area contributed by atoms with E-state index in [0.717, 1.165) is 45.4 Å². The van der Waals surface area contributed by atoms with E-state index in [4.69, 9.17) is 15.2 Å². The normalized spacial score (nSPS) is 15.0. The molecule has 0 fully saturated rings. The number of nitrogens with one attached hydrogen (secondary N) is 1. The Morgan fingerprint density at radius 2 is 1.62 bits per heavy atom. The minimum Gasteiger partial charge on any atom is -0.383 e. The summed E-state index contributed by atoms with van der Waals surface area (Å²) in [5.41, 5.74) is 5.53. The van der Waals surface area contributed by atoms with Crippen LogP contribution < -0.4 is 11.1 Å². The zero-order chi connectivity index (χ0) is 12.2. The maximum atomic E-state index is 5.53. The van der Waals surface area contributed by atoms with Gasteiger partial charge in [0.2, 0.25) is 0 Å². The third kappa shape index (κ3) is 8.05. The molecule has 0 radical (unpaired) electrons. The summed E-state index contributed by atoms with van der Waals surface area (Å²) < 4.78 is 10.4. The largest absolute Gasteiger partial charge is 0.383 e. The van der Waals surface area contributed by atoms with Crippen molar-refractivity contribution in [2.45, 2.75) is 44.7 Å². The fourth-order valence-corrected chi connectivity index (χ4v) is 1.88. The molecule has 0 saturated heterocycles. The van der Waals surface area contributed by atoms with Crippen molar-refractivity contribution in [2.75, 3.05) is 34.0 Å². The fourth-order valence-electron chi connectivity index (χ4n) is 1.88. The zero-order valence-corrected chi connectivity index (χ0v) is 11.0.